The van der Waals surface area contributed by atoms with Crippen molar-refractivity contribution in [3.63, 3.8) is 0 Å². The van der Waals surface area contributed by atoms with Crippen LogP contribution in [0.1, 0.15) is 32.6 Å². The van der Waals surface area contributed by atoms with Gasteiger partial charge in [0.05, 0.1) is 13.7 Å². The van der Waals surface area contributed by atoms with E-state index in [0.717, 1.165) is 12.8 Å². The molecule has 0 spiro atoms. The fourth-order valence-electron chi connectivity index (χ4n) is 2.64. The normalized spacial score (nSPS) is 29.4. The first-order chi connectivity index (χ1) is 7.85. The van der Waals surface area contributed by atoms with E-state index in [1.54, 1.807) is 0 Å². The van der Waals surface area contributed by atoms with E-state index < -0.39 is 24.2 Å². The van der Waals surface area contributed by atoms with Gasteiger partial charge < -0.3 is 4.74 Å². The Labute approximate surface area is 98.7 Å². The number of alkyl halides is 3. The molecule has 2 unspecified atom stereocenters. The van der Waals surface area contributed by atoms with Gasteiger partial charge in [-0.2, -0.15) is 13.2 Å². The highest BCUT2D eigenvalue weighted by Crippen LogP contribution is 2.39. The second-order valence-corrected chi connectivity index (χ2v) is 4.43. The number of hydrogen-bond donors (Lipinski definition) is 1. The van der Waals surface area contributed by atoms with Gasteiger partial charge in [0.1, 0.15) is 5.54 Å². The SMILES string of the molecule is CCC1CCCC1(NCC(F)(F)F)C(=O)OC. The molecule has 1 fully saturated rings. The van der Waals surface area contributed by atoms with Crippen LogP contribution in [-0.4, -0.2) is 31.3 Å². The molecule has 0 heterocycles. The van der Waals surface area contributed by atoms with E-state index in [1.807, 2.05) is 6.92 Å². The molecule has 0 bridgehead atoms. The highest BCUT2D eigenvalue weighted by Gasteiger charge is 2.50. The smallest absolute Gasteiger partial charge is 0.401 e. The van der Waals surface area contributed by atoms with Gasteiger partial charge in [0.15, 0.2) is 0 Å². The summed E-state index contributed by atoms with van der Waals surface area (Å²) in [6.07, 6.45) is -1.73. The number of carbonyl (C=O) groups excluding carboxylic acids is 1. The summed E-state index contributed by atoms with van der Waals surface area (Å²) in [5, 5.41) is 2.39. The van der Waals surface area contributed by atoms with Crippen molar-refractivity contribution < 1.29 is 22.7 Å². The number of rotatable bonds is 4. The van der Waals surface area contributed by atoms with Gasteiger partial charge in [-0.3, -0.25) is 10.1 Å². The van der Waals surface area contributed by atoms with E-state index in [0.29, 0.717) is 12.8 Å². The Morgan fingerprint density at radius 3 is 2.65 bits per heavy atom. The number of halogens is 3. The molecule has 2 atom stereocenters. The van der Waals surface area contributed by atoms with Gasteiger partial charge in [-0.05, 0) is 18.8 Å². The topological polar surface area (TPSA) is 38.3 Å². The Hall–Kier alpha value is -0.780. The summed E-state index contributed by atoms with van der Waals surface area (Å²) < 4.78 is 41.5. The Bertz CT molecular complexity index is 280. The molecule has 1 N–H and O–H groups in total. The minimum Gasteiger partial charge on any atom is -0.468 e. The van der Waals surface area contributed by atoms with Crippen LogP contribution in [0.2, 0.25) is 0 Å². The maximum Gasteiger partial charge on any atom is 0.401 e. The summed E-state index contributed by atoms with van der Waals surface area (Å²) in [4.78, 5) is 11.8. The van der Waals surface area contributed by atoms with Crippen molar-refractivity contribution in [2.45, 2.75) is 44.3 Å². The van der Waals surface area contributed by atoms with Crippen molar-refractivity contribution in [2.75, 3.05) is 13.7 Å². The summed E-state index contributed by atoms with van der Waals surface area (Å²) in [6, 6.07) is 0. The maximum atomic E-state index is 12.3. The van der Waals surface area contributed by atoms with E-state index in [-0.39, 0.29) is 5.92 Å². The molecule has 1 aliphatic carbocycles. The molecule has 0 radical (unpaired) electrons. The van der Waals surface area contributed by atoms with Crippen molar-refractivity contribution in [2.24, 2.45) is 5.92 Å². The quantitative estimate of drug-likeness (QED) is 0.781. The molecule has 0 aromatic rings. The lowest BCUT2D eigenvalue weighted by atomic mass is 9.85. The number of carbonyl (C=O) groups is 1. The summed E-state index contributed by atoms with van der Waals surface area (Å²) >= 11 is 0. The molecular formula is C11H18F3NO2. The zero-order valence-corrected chi connectivity index (χ0v) is 10.1. The molecule has 100 valence electrons. The first-order valence-corrected chi connectivity index (χ1v) is 5.76. The van der Waals surface area contributed by atoms with Gasteiger partial charge >= 0.3 is 12.1 Å². The van der Waals surface area contributed by atoms with E-state index in [4.69, 9.17) is 0 Å². The van der Waals surface area contributed by atoms with Gasteiger partial charge in [-0.25, -0.2) is 0 Å². The van der Waals surface area contributed by atoms with Crippen LogP contribution in [0.4, 0.5) is 13.2 Å². The third-order valence-electron chi connectivity index (χ3n) is 3.47. The second kappa shape index (κ2) is 5.25. The molecule has 0 saturated heterocycles. The first-order valence-electron chi connectivity index (χ1n) is 5.76. The number of nitrogens with one attached hydrogen (secondary N) is 1. The molecule has 6 heteroatoms. The molecular weight excluding hydrogens is 235 g/mol. The van der Waals surface area contributed by atoms with Gasteiger partial charge in [0, 0.05) is 0 Å². The Balaban J connectivity index is 2.83. The first kappa shape index (κ1) is 14.3. The Kier molecular flexibility index (Phi) is 4.41. The zero-order valence-electron chi connectivity index (χ0n) is 10.1. The van der Waals surface area contributed by atoms with Crippen LogP contribution in [0.25, 0.3) is 0 Å². The average Bonchev–Trinajstić information content (AvgIpc) is 2.68. The Morgan fingerprint density at radius 1 is 1.53 bits per heavy atom. The molecule has 0 amide bonds. The number of ether oxygens (including phenoxy) is 1. The van der Waals surface area contributed by atoms with Crippen molar-refractivity contribution in [3.05, 3.63) is 0 Å². The summed E-state index contributed by atoms with van der Waals surface area (Å²) in [6.45, 7) is 0.724. The standard InChI is InChI=1S/C11H18F3NO2/c1-3-8-5-4-6-10(8,9(16)17-2)15-7-11(12,13)14/h8,15H,3-7H2,1-2H3. The lowest BCUT2D eigenvalue weighted by Crippen LogP contribution is -2.57. The number of methoxy groups -OCH3 is 1. The highest BCUT2D eigenvalue weighted by atomic mass is 19.4. The lowest BCUT2D eigenvalue weighted by molar-refractivity contribution is -0.155. The molecule has 1 rings (SSSR count). The van der Waals surface area contributed by atoms with Crippen LogP contribution in [0.3, 0.4) is 0 Å². The molecule has 0 aromatic heterocycles. The molecule has 0 aromatic carbocycles. The third-order valence-corrected chi connectivity index (χ3v) is 3.47. The van der Waals surface area contributed by atoms with Crippen LogP contribution < -0.4 is 5.32 Å². The van der Waals surface area contributed by atoms with E-state index >= 15 is 0 Å². The lowest BCUT2D eigenvalue weighted by Gasteiger charge is -2.33. The van der Waals surface area contributed by atoms with E-state index in [9.17, 15) is 18.0 Å². The number of hydrogen-bond acceptors (Lipinski definition) is 3. The van der Waals surface area contributed by atoms with Gasteiger partial charge in [0.2, 0.25) is 0 Å². The summed E-state index contributed by atoms with van der Waals surface area (Å²) in [5.74, 6) is -0.664. The zero-order chi connectivity index (χ0) is 13.1. The molecule has 1 aliphatic rings. The predicted octanol–water partition coefficient (Wildman–Crippen LogP) is 2.26. The van der Waals surface area contributed by atoms with Crippen molar-refractivity contribution in [1.29, 1.82) is 0 Å². The van der Waals surface area contributed by atoms with Crippen LogP contribution in [0.5, 0.6) is 0 Å². The number of esters is 1. The second-order valence-electron chi connectivity index (χ2n) is 4.43. The summed E-state index contributed by atoms with van der Waals surface area (Å²) in [5.41, 5.74) is -1.15. The largest absolute Gasteiger partial charge is 0.468 e. The minimum absolute atomic E-state index is 0.0858. The van der Waals surface area contributed by atoms with Crippen LogP contribution in [-0.2, 0) is 9.53 Å². The molecule has 17 heavy (non-hydrogen) atoms. The minimum atomic E-state index is -4.32. The molecule has 0 aliphatic heterocycles. The maximum absolute atomic E-state index is 12.3. The van der Waals surface area contributed by atoms with Crippen LogP contribution >= 0.6 is 0 Å². The third kappa shape index (κ3) is 3.12. The van der Waals surface area contributed by atoms with Crippen molar-refractivity contribution in [3.8, 4) is 0 Å². The van der Waals surface area contributed by atoms with Gasteiger partial charge in [0.25, 0.3) is 0 Å². The fourth-order valence-corrected chi connectivity index (χ4v) is 2.64. The van der Waals surface area contributed by atoms with Gasteiger partial charge in [-0.15, -0.1) is 0 Å². The molecule has 3 nitrogen and oxygen atoms in total. The van der Waals surface area contributed by atoms with E-state index in [1.165, 1.54) is 7.11 Å². The van der Waals surface area contributed by atoms with Gasteiger partial charge in [-0.1, -0.05) is 19.8 Å². The van der Waals surface area contributed by atoms with E-state index in [2.05, 4.69) is 10.1 Å². The van der Waals surface area contributed by atoms with Crippen LogP contribution in [0, 0.1) is 5.92 Å². The fraction of sp³-hybridized carbons (Fsp3) is 0.909. The monoisotopic (exact) mass is 253 g/mol. The average molecular weight is 253 g/mol. The highest BCUT2D eigenvalue weighted by molar-refractivity contribution is 5.81. The predicted molar refractivity (Wildman–Crippen MR) is 56.4 cm³/mol. The van der Waals surface area contributed by atoms with Crippen molar-refractivity contribution >= 4 is 5.97 Å². The summed E-state index contributed by atoms with van der Waals surface area (Å²) in [7, 11) is 1.21. The van der Waals surface area contributed by atoms with Crippen molar-refractivity contribution in [1.82, 2.24) is 5.32 Å². The Morgan fingerprint density at radius 2 is 2.18 bits per heavy atom. The molecule has 1 saturated carbocycles. The van der Waals surface area contributed by atoms with Crippen LogP contribution in [0.15, 0.2) is 0 Å².